The fraction of sp³-hybridized carbons (Fsp3) is 0.0455. The van der Waals surface area contributed by atoms with Crippen molar-refractivity contribution in [2.24, 2.45) is 0 Å². The predicted octanol–water partition coefficient (Wildman–Crippen LogP) is 4.71. The molecular formula is C22H15BrN4O3. The van der Waals surface area contributed by atoms with E-state index in [4.69, 9.17) is 10.1 Å². The van der Waals surface area contributed by atoms with Crippen LogP contribution in [-0.4, -0.2) is 31.9 Å². The van der Waals surface area contributed by atoms with Crippen molar-refractivity contribution in [1.29, 1.82) is 0 Å². The summed E-state index contributed by atoms with van der Waals surface area (Å²) in [6.07, 6.45) is 2.32. The van der Waals surface area contributed by atoms with E-state index in [2.05, 4.69) is 31.2 Å². The number of carboxylic acid groups (broad SMARTS) is 1. The molecule has 0 unspecified atom stereocenters. The fourth-order valence-electron chi connectivity index (χ4n) is 3.18. The van der Waals surface area contributed by atoms with Crippen molar-refractivity contribution in [2.45, 2.75) is 6.92 Å². The predicted molar refractivity (Wildman–Crippen MR) is 117 cm³/mol. The zero-order valence-electron chi connectivity index (χ0n) is 15.8. The normalized spacial score (nSPS) is 10.7. The Hall–Kier alpha value is -3.65. The van der Waals surface area contributed by atoms with Gasteiger partial charge in [0.1, 0.15) is 0 Å². The van der Waals surface area contributed by atoms with Crippen LogP contribution < -0.4 is 5.32 Å². The second-order valence-corrected chi connectivity index (χ2v) is 7.45. The molecule has 7 nitrogen and oxygen atoms in total. The van der Waals surface area contributed by atoms with E-state index < -0.39 is 5.97 Å². The van der Waals surface area contributed by atoms with E-state index in [1.54, 1.807) is 0 Å². The molecule has 0 saturated carbocycles. The van der Waals surface area contributed by atoms with Gasteiger partial charge in [-0.3, -0.25) is 4.79 Å². The molecule has 0 radical (unpaired) electrons. The van der Waals surface area contributed by atoms with E-state index >= 15 is 0 Å². The maximum atomic E-state index is 13.2. The Bertz CT molecular complexity index is 1280. The standard InChI is InChI=1S/C22H15BrN4O3/c1-12-19(21(28)27-18-11-24-17(10-25-18)22(29)30)15-9-14(23)7-8-16(15)26-20(12)13-5-3-2-4-6-13/h2-11H,1H3,(H,29,30)(H,25,27,28). The van der Waals surface area contributed by atoms with Crippen LogP contribution in [0, 0.1) is 6.92 Å². The van der Waals surface area contributed by atoms with Gasteiger partial charge >= 0.3 is 5.97 Å². The van der Waals surface area contributed by atoms with Crippen LogP contribution in [0.25, 0.3) is 22.2 Å². The number of fused-ring (bicyclic) bond motifs is 1. The van der Waals surface area contributed by atoms with Gasteiger partial charge in [-0.2, -0.15) is 0 Å². The Kier molecular flexibility index (Phi) is 5.24. The number of hydrogen-bond acceptors (Lipinski definition) is 5. The maximum absolute atomic E-state index is 13.2. The molecule has 148 valence electrons. The van der Waals surface area contributed by atoms with E-state index in [0.29, 0.717) is 22.2 Å². The molecule has 0 aliphatic rings. The highest BCUT2D eigenvalue weighted by molar-refractivity contribution is 9.10. The monoisotopic (exact) mass is 462 g/mol. The van der Waals surface area contributed by atoms with Crippen LogP contribution in [0.2, 0.25) is 0 Å². The lowest BCUT2D eigenvalue weighted by atomic mass is 9.97. The Morgan fingerprint density at radius 3 is 2.47 bits per heavy atom. The molecule has 2 aromatic carbocycles. The Morgan fingerprint density at radius 2 is 1.80 bits per heavy atom. The number of hydrogen-bond donors (Lipinski definition) is 2. The number of anilines is 1. The first kappa shape index (κ1) is 19.7. The fourth-order valence-corrected chi connectivity index (χ4v) is 3.54. The number of aromatic carboxylic acids is 1. The third-order valence-corrected chi connectivity index (χ3v) is 5.07. The van der Waals surface area contributed by atoms with Crippen molar-refractivity contribution in [3.05, 3.63) is 82.2 Å². The lowest BCUT2D eigenvalue weighted by molar-refractivity contribution is 0.0690. The Morgan fingerprint density at radius 1 is 1.03 bits per heavy atom. The molecule has 2 aromatic heterocycles. The molecule has 0 atom stereocenters. The smallest absolute Gasteiger partial charge is 0.356 e. The minimum Gasteiger partial charge on any atom is -0.476 e. The Labute approximate surface area is 180 Å². The number of amides is 1. The highest BCUT2D eigenvalue weighted by Crippen LogP contribution is 2.31. The summed E-state index contributed by atoms with van der Waals surface area (Å²) in [4.78, 5) is 36.7. The molecule has 30 heavy (non-hydrogen) atoms. The van der Waals surface area contributed by atoms with E-state index in [-0.39, 0.29) is 17.4 Å². The molecule has 0 bridgehead atoms. The van der Waals surface area contributed by atoms with Crippen molar-refractivity contribution >= 4 is 44.5 Å². The summed E-state index contributed by atoms with van der Waals surface area (Å²) < 4.78 is 0.823. The lowest BCUT2D eigenvalue weighted by Gasteiger charge is -2.15. The molecular weight excluding hydrogens is 448 g/mol. The molecule has 8 heteroatoms. The van der Waals surface area contributed by atoms with Crippen LogP contribution >= 0.6 is 15.9 Å². The van der Waals surface area contributed by atoms with Crippen LogP contribution in [0.3, 0.4) is 0 Å². The first-order valence-electron chi connectivity index (χ1n) is 8.96. The summed E-state index contributed by atoms with van der Waals surface area (Å²) in [7, 11) is 0. The minimum absolute atomic E-state index is 0.158. The largest absolute Gasteiger partial charge is 0.476 e. The molecule has 0 spiro atoms. The van der Waals surface area contributed by atoms with Crippen molar-refractivity contribution in [3.8, 4) is 11.3 Å². The number of carbonyl (C=O) groups excluding carboxylic acids is 1. The van der Waals surface area contributed by atoms with Crippen molar-refractivity contribution in [3.63, 3.8) is 0 Å². The number of pyridine rings is 1. The first-order chi connectivity index (χ1) is 14.4. The van der Waals surface area contributed by atoms with E-state index in [9.17, 15) is 9.59 Å². The number of halogens is 1. The molecule has 4 aromatic rings. The quantitative estimate of drug-likeness (QED) is 0.454. The molecule has 2 heterocycles. The van der Waals surface area contributed by atoms with Gasteiger partial charge in [0.25, 0.3) is 5.91 Å². The highest BCUT2D eigenvalue weighted by Gasteiger charge is 2.20. The number of carboxylic acids is 1. The first-order valence-corrected chi connectivity index (χ1v) is 9.75. The average molecular weight is 463 g/mol. The van der Waals surface area contributed by atoms with Crippen LogP contribution in [0.1, 0.15) is 26.4 Å². The van der Waals surface area contributed by atoms with Crippen LogP contribution in [0.15, 0.2) is 65.4 Å². The second kappa shape index (κ2) is 8.00. The minimum atomic E-state index is -1.19. The number of carbonyl (C=O) groups is 2. The molecule has 0 aliphatic heterocycles. The van der Waals surface area contributed by atoms with E-state index in [1.807, 2.05) is 55.5 Å². The van der Waals surface area contributed by atoms with E-state index in [1.165, 1.54) is 6.20 Å². The van der Waals surface area contributed by atoms with Gasteiger partial charge in [-0.1, -0.05) is 46.3 Å². The summed E-state index contributed by atoms with van der Waals surface area (Å²) >= 11 is 3.45. The number of nitrogens with zero attached hydrogens (tertiary/aromatic N) is 3. The summed E-state index contributed by atoms with van der Waals surface area (Å²) in [6.45, 7) is 1.85. The highest BCUT2D eigenvalue weighted by atomic mass is 79.9. The van der Waals surface area contributed by atoms with Crippen LogP contribution in [-0.2, 0) is 0 Å². The second-order valence-electron chi connectivity index (χ2n) is 6.53. The van der Waals surface area contributed by atoms with Crippen molar-refractivity contribution in [1.82, 2.24) is 15.0 Å². The van der Waals surface area contributed by atoms with Crippen LogP contribution in [0.4, 0.5) is 5.82 Å². The zero-order chi connectivity index (χ0) is 21.3. The molecule has 0 saturated heterocycles. The van der Waals surface area contributed by atoms with Gasteiger partial charge in [-0.25, -0.2) is 19.7 Å². The zero-order valence-corrected chi connectivity index (χ0v) is 17.3. The molecule has 4 rings (SSSR count). The van der Waals surface area contributed by atoms with Gasteiger partial charge in [0, 0.05) is 15.4 Å². The van der Waals surface area contributed by atoms with Gasteiger partial charge in [-0.05, 0) is 30.7 Å². The average Bonchev–Trinajstić information content (AvgIpc) is 2.74. The van der Waals surface area contributed by atoms with Crippen LogP contribution in [0.5, 0.6) is 0 Å². The number of rotatable bonds is 4. The third-order valence-electron chi connectivity index (χ3n) is 4.58. The number of benzene rings is 2. The van der Waals surface area contributed by atoms with Gasteiger partial charge in [0.2, 0.25) is 0 Å². The number of aromatic nitrogens is 3. The lowest BCUT2D eigenvalue weighted by Crippen LogP contribution is -2.16. The van der Waals surface area contributed by atoms with Crippen molar-refractivity contribution < 1.29 is 14.7 Å². The molecule has 2 N–H and O–H groups in total. The summed E-state index contributed by atoms with van der Waals surface area (Å²) in [5.74, 6) is -1.41. The molecule has 0 aliphatic carbocycles. The SMILES string of the molecule is Cc1c(-c2ccccc2)nc2ccc(Br)cc2c1C(=O)Nc1cnc(C(=O)O)cn1. The maximum Gasteiger partial charge on any atom is 0.356 e. The van der Waals surface area contributed by atoms with Gasteiger partial charge in [0.15, 0.2) is 11.5 Å². The Balaban J connectivity index is 1.83. The molecule has 0 fully saturated rings. The topological polar surface area (TPSA) is 105 Å². The third kappa shape index (κ3) is 3.77. The van der Waals surface area contributed by atoms with Gasteiger partial charge in [-0.15, -0.1) is 0 Å². The van der Waals surface area contributed by atoms with Gasteiger partial charge < -0.3 is 10.4 Å². The van der Waals surface area contributed by atoms with Crippen molar-refractivity contribution in [2.75, 3.05) is 5.32 Å². The van der Waals surface area contributed by atoms with Gasteiger partial charge in [0.05, 0.1) is 29.2 Å². The molecule has 1 amide bonds. The summed E-state index contributed by atoms with van der Waals surface area (Å²) in [5, 5.41) is 12.3. The summed E-state index contributed by atoms with van der Waals surface area (Å²) in [6, 6.07) is 15.2. The number of nitrogens with one attached hydrogen (secondary N) is 1. The van der Waals surface area contributed by atoms with E-state index in [0.717, 1.165) is 21.8 Å². The summed E-state index contributed by atoms with van der Waals surface area (Å²) in [5.41, 5.74) is 3.28.